The zero-order valence-electron chi connectivity index (χ0n) is 10.8. The van der Waals surface area contributed by atoms with E-state index >= 15 is 0 Å². The fourth-order valence-electron chi connectivity index (χ4n) is 1.98. The molecule has 112 valence electrons. The van der Waals surface area contributed by atoms with E-state index < -0.39 is 0 Å². The maximum Gasteiger partial charge on any atom is 0.258 e. The van der Waals surface area contributed by atoms with E-state index in [0.29, 0.717) is 10.8 Å². The second kappa shape index (κ2) is 8.72. The predicted octanol–water partition coefficient (Wildman–Crippen LogP) is 2.77. The first-order chi connectivity index (χ1) is 9.15. The third-order valence-electron chi connectivity index (χ3n) is 2.91. The molecule has 1 atom stereocenters. The highest BCUT2D eigenvalue weighted by molar-refractivity contribution is 9.10. The molecule has 0 unspecified atom stereocenters. The first-order valence-electron chi connectivity index (χ1n) is 6.23. The first kappa shape index (κ1) is 17.6. The second-order valence-corrected chi connectivity index (χ2v) is 5.80. The predicted molar refractivity (Wildman–Crippen MR) is 85.9 cm³/mol. The van der Waals surface area contributed by atoms with Crippen LogP contribution in [0.2, 0.25) is 5.02 Å². The van der Waals surface area contributed by atoms with Gasteiger partial charge in [0.2, 0.25) is 0 Å². The van der Waals surface area contributed by atoms with Gasteiger partial charge in [-0.05, 0) is 37.6 Å². The molecule has 1 aromatic rings. The van der Waals surface area contributed by atoms with Crippen LogP contribution in [-0.4, -0.2) is 31.6 Å². The molecule has 0 spiro atoms. The third kappa shape index (κ3) is 5.48. The van der Waals surface area contributed by atoms with E-state index in [9.17, 15) is 4.79 Å². The molecule has 1 heterocycles. The van der Waals surface area contributed by atoms with Gasteiger partial charge in [0, 0.05) is 17.1 Å². The lowest BCUT2D eigenvalue weighted by molar-refractivity contribution is -0.123. The lowest BCUT2D eigenvalue weighted by Crippen LogP contribution is -2.47. The lowest BCUT2D eigenvalue weighted by atomic mass is 10.1. The molecule has 1 fully saturated rings. The minimum Gasteiger partial charge on any atom is -0.482 e. The molecule has 1 saturated heterocycles. The van der Waals surface area contributed by atoms with Crippen LogP contribution in [0.5, 0.6) is 5.75 Å². The van der Waals surface area contributed by atoms with E-state index in [1.54, 1.807) is 12.1 Å². The van der Waals surface area contributed by atoms with Crippen molar-refractivity contribution in [2.75, 3.05) is 19.7 Å². The van der Waals surface area contributed by atoms with Gasteiger partial charge in [0.25, 0.3) is 5.91 Å². The Bertz CT molecular complexity index is 454. The summed E-state index contributed by atoms with van der Waals surface area (Å²) in [7, 11) is 0. The molecular formula is C13H17BrCl2N2O2. The Hall–Kier alpha value is -0.490. The van der Waals surface area contributed by atoms with Crippen LogP contribution in [0.3, 0.4) is 0 Å². The monoisotopic (exact) mass is 382 g/mol. The van der Waals surface area contributed by atoms with Gasteiger partial charge in [-0.1, -0.05) is 27.5 Å². The lowest BCUT2D eigenvalue weighted by Gasteiger charge is -2.23. The number of piperidine rings is 1. The van der Waals surface area contributed by atoms with Crippen molar-refractivity contribution < 1.29 is 9.53 Å². The minimum atomic E-state index is -0.118. The molecule has 4 nitrogen and oxygen atoms in total. The normalized spacial score (nSPS) is 18.0. The summed E-state index contributed by atoms with van der Waals surface area (Å²) in [5.41, 5.74) is 0. The molecule has 2 rings (SSSR count). The molecule has 0 bridgehead atoms. The Kier molecular flexibility index (Phi) is 7.66. The summed E-state index contributed by atoms with van der Waals surface area (Å²) >= 11 is 9.32. The van der Waals surface area contributed by atoms with Crippen LogP contribution in [0, 0.1) is 0 Å². The molecule has 2 N–H and O–H groups in total. The van der Waals surface area contributed by atoms with Crippen LogP contribution in [0.15, 0.2) is 22.7 Å². The molecule has 0 aromatic heterocycles. The van der Waals surface area contributed by atoms with E-state index in [0.717, 1.165) is 30.4 Å². The number of rotatable bonds is 4. The van der Waals surface area contributed by atoms with Crippen molar-refractivity contribution in [3.05, 3.63) is 27.7 Å². The number of hydrogen-bond acceptors (Lipinski definition) is 3. The van der Waals surface area contributed by atoms with Gasteiger partial charge in [-0.15, -0.1) is 12.4 Å². The Morgan fingerprint density at radius 3 is 3.00 bits per heavy atom. The quantitative estimate of drug-likeness (QED) is 0.840. The molecule has 0 aliphatic carbocycles. The molecule has 7 heteroatoms. The topological polar surface area (TPSA) is 50.4 Å². The summed E-state index contributed by atoms with van der Waals surface area (Å²) in [6, 6.07) is 5.50. The minimum absolute atomic E-state index is 0. The number of amides is 1. The number of hydrogen-bond donors (Lipinski definition) is 2. The Balaban J connectivity index is 0.00000200. The van der Waals surface area contributed by atoms with Crippen molar-refractivity contribution >= 4 is 45.8 Å². The highest BCUT2D eigenvalue weighted by Crippen LogP contribution is 2.27. The number of benzene rings is 1. The standard InChI is InChI=1S/C13H16BrClN2O2.ClH/c14-9-3-4-12(11(15)6-9)19-8-13(18)17-10-2-1-5-16-7-10;/h3-4,6,10,16H,1-2,5,7-8H2,(H,17,18);1H/t10-;/m0./s1. The largest absolute Gasteiger partial charge is 0.482 e. The molecule has 0 saturated carbocycles. The van der Waals surface area contributed by atoms with Crippen LogP contribution in [0.1, 0.15) is 12.8 Å². The van der Waals surface area contributed by atoms with Crippen LogP contribution in [0.4, 0.5) is 0 Å². The summed E-state index contributed by atoms with van der Waals surface area (Å²) in [6.07, 6.45) is 2.10. The van der Waals surface area contributed by atoms with Gasteiger partial charge >= 0.3 is 0 Å². The Morgan fingerprint density at radius 2 is 2.35 bits per heavy atom. The SMILES string of the molecule is Cl.O=C(COc1ccc(Br)cc1Cl)N[C@H]1CCCNC1. The third-order valence-corrected chi connectivity index (χ3v) is 3.70. The molecule has 1 amide bonds. The Morgan fingerprint density at radius 1 is 1.55 bits per heavy atom. The molecule has 20 heavy (non-hydrogen) atoms. The molecule has 0 radical (unpaired) electrons. The van der Waals surface area contributed by atoms with Gasteiger partial charge in [0.15, 0.2) is 6.61 Å². The van der Waals surface area contributed by atoms with E-state index in [4.69, 9.17) is 16.3 Å². The number of carbonyl (C=O) groups excluding carboxylic acids is 1. The fourth-order valence-corrected chi connectivity index (χ4v) is 2.71. The maximum absolute atomic E-state index is 11.7. The molecule has 1 aliphatic rings. The summed E-state index contributed by atoms with van der Waals surface area (Å²) in [5, 5.41) is 6.68. The van der Waals surface area contributed by atoms with E-state index in [1.807, 2.05) is 6.07 Å². The van der Waals surface area contributed by atoms with Crippen LogP contribution < -0.4 is 15.4 Å². The highest BCUT2D eigenvalue weighted by Gasteiger charge is 2.15. The molecular weight excluding hydrogens is 367 g/mol. The zero-order valence-corrected chi connectivity index (χ0v) is 14.0. The average Bonchev–Trinajstić information content (AvgIpc) is 2.39. The van der Waals surface area contributed by atoms with Crippen molar-refractivity contribution in [3.63, 3.8) is 0 Å². The van der Waals surface area contributed by atoms with Gasteiger partial charge in [-0.2, -0.15) is 0 Å². The average molecular weight is 384 g/mol. The van der Waals surface area contributed by atoms with Gasteiger partial charge in [0.1, 0.15) is 5.75 Å². The molecule has 1 aromatic carbocycles. The van der Waals surface area contributed by atoms with Crippen molar-refractivity contribution in [2.45, 2.75) is 18.9 Å². The number of ether oxygens (including phenoxy) is 1. The van der Waals surface area contributed by atoms with Gasteiger partial charge in [-0.3, -0.25) is 4.79 Å². The van der Waals surface area contributed by atoms with Crippen molar-refractivity contribution in [1.82, 2.24) is 10.6 Å². The second-order valence-electron chi connectivity index (χ2n) is 4.47. The summed E-state index contributed by atoms with van der Waals surface area (Å²) < 4.78 is 6.29. The van der Waals surface area contributed by atoms with E-state index in [1.165, 1.54) is 0 Å². The van der Waals surface area contributed by atoms with Crippen LogP contribution >= 0.6 is 39.9 Å². The van der Waals surface area contributed by atoms with Crippen LogP contribution in [-0.2, 0) is 4.79 Å². The zero-order chi connectivity index (χ0) is 13.7. The summed E-state index contributed by atoms with van der Waals surface area (Å²) in [6.45, 7) is 1.83. The number of halogens is 3. The van der Waals surface area contributed by atoms with Gasteiger partial charge < -0.3 is 15.4 Å². The van der Waals surface area contributed by atoms with Gasteiger partial charge in [-0.25, -0.2) is 0 Å². The maximum atomic E-state index is 11.7. The Labute approximate surface area is 138 Å². The van der Waals surface area contributed by atoms with E-state index in [2.05, 4.69) is 26.6 Å². The smallest absolute Gasteiger partial charge is 0.258 e. The summed E-state index contributed by atoms with van der Waals surface area (Å²) in [5.74, 6) is 0.398. The summed E-state index contributed by atoms with van der Waals surface area (Å²) in [4.78, 5) is 11.7. The van der Waals surface area contributed by atoms with Gasteiger partial charge in [0.05, 0.1) is 5.02 Å². The molecule has 1 aliphatic heterocycles. The highest BCUT2D eigenvalue weighted by atomic mass is 79.9. The van der Waals surface area contributed by atoms with Crippen LogP contribution in [0.25, 0.3) is 0 Å². The number of carbonyl (C=O) groups is 1. The first-order valence-corrected chi connectivity index (χ1v) is 7.40. The number of nitrogens with one attached hydrogen (secondary N) is 2. The fraction of sp³-hybridized carbons (Fsp3) is 0.462. The van der Waals surface area contributed by atoms with Crippen molar-refractivity contribution in [3.8, 4) is 5.75 Å². The van der Waals surface area contributed by atoms with Crippen molar-refractivity contribution in [2.24, 2.45) is 0 Å². The van der Waals surface area contributed by atoms with E-state index in [-0.39, 0.29) is 31.0 Å². The van der Waals surface area contributed by atoms with Crippen molar-refractivity contribution in [1.29, 1.82) is 0 Å².